The number of carbonyl (C=O) groups excluding carboxylic acids is 2. The highest BCUT2D eigenvalue weighted by molar-refractivity contribution is 5.92. The van der Waals surface area contributed by atoms with Crippen LogP contribution in [0.5, 0.6) is 11.5 Å². The summed E-state index contributed by atoms with van der Waals surface area (Å²) in [5.41, 5.74) is 0.903. The molecule has 1 saturated carbocycles. The molecule has 0 heterocycles. The fourth-order valence-electron chi connectivity index (χ4n) is 4.75. The van der Waals surface area contributed by atoms with E-state index in [0.29, 0.717) is 29.4 Å². The van der Waals surface area contributed by atoms with Crippen LogP contribution >= 0.6 is 0 Å². The average Bonchev–Trinajstić information content (AvgIpc) is 2.96. The number of ether oxygens (including phenoxy) is 3. The molecule has 0 saturated heterocycles. The van der Waals surface area contributed by atoms with E-state index in [1.165, 1.54) is 32.1 Å². The summed E-state index contributed by atoms with van der Waals surface area (Å²) < 4.78 is 17.0. The van der Waals surface area contributed by atoms with Crippen molar-refractivity contribution in [2.45, 2.75) is 97.5 Å². The molecule has 0 amide bonds. The lowest BCUT2D eigenvalue weighted by molar-refractivity contribution is 0.0184. The van der Waals surface area contributed by atoms with E-state index in [1.54, 1.807) is 48.5 Å². The molecule has 0 N–H and O–H groups in total. The predicted molar refractivity (Wildman–Crippen MR) is 156 cm³/mol. The van der Waals surface area contributed by atoms with Gasteiger partial charge in [0.1, 0.15) is 17.6 Å². The zero-order chi connectivity index (χ0) is 27.9. The monoisotopic (exact) mass is 534 g/mol. The fourth-order valence-corrected chi connectivity index (χ4v) is 4.75. The van der Waals surface area contributed by atoms with Crippen molar-refractivity contribution in [1.82, 2.24) is 0 Å². The smallest absolute Gasteiger partial charge is 0.343 e. The van der Waals surface area contributed by atoms with Crippen molar-refractivity contribution in [3.8, 4) is 11.5 Å². The maximum atomic E-state index is 12.6. The number of carbonyl (C=O) groups is 2. The van der Waals surface area contributed by atoms with Gasteiger partial charge in [-0.1, -0.05) is 65.0 Å². The molecular formula is C34H46O5. The zero-order valence-corrected chi connectivity index (χ0v) is 24.0. The van der Waals surface area contributed by atoms with Crippen LogP contribution in [0, 0.1) is 11.8 Å². The molecule has 3 rings (SSSR count). The van der Waals surface area contributed by atoms with Crippen LogP contribution < -0.4 is 9.47 Å². The number of benzene rings is 2. The van der Waals surface area contributed by atoms with Crippen LogP contribution in [0.2, 0.25) is 0 Å². The molecule has 1 fully saturated rings. The van der Waals surface area contributed by atoms with Gasteiger partial charge in [0.15, 0.2) is 0 Å². The SMILES string of the molecule is CCCC=CC1CCC(OC(=O)c2ccc(OC(=O)c3ccc(OCCCCCC(C)CC)cc3)cc2)CC1. The van der Waals surface area contributed by atoms with E-state index in [-0.39, 0.29) is 12.1 Å². The van der Waals surface area contributed by atoms with Gasteiger partial charge < -0.3 is 14.2 Å². The second-order valence-electron chi connectivity index (χ2n) is 10.8. The Kier molecular flexibility index (Phi) is 13.1. The van der Waals surface area contributed by atoms with E-state index in [1.807, 2.05) is 0 Å². The molecule has 1 aliphatic carbocycles. The minimum atomic E-state index is -0.452. The number of esters is 2. The molecule has 1 unspecified atom stereocenters. The molecule has 39 heavy (non-hydrogen) atoms. The maximum absolute atomic E-state index is 12.6. The van der Waals surface area contributed by atoms with E-state index in [0.717, 1.165) is 50.2 Å². The molecule has 2 aromatic rings. The van der Waals surface area contributed by atoms with Gasteiger partial charge >= 0.3 is 11.9 Å². The lowest BCUT2D eigenvalue weighted by atomic mass is 9.87. The molecule has 5 heteroatoms. The first-order valence-corrected chi connectivity index (χ1v) is 14.9. The van der Waals surface area contributed by atoms with E-state index in [4.69, 9.17) is 14.2 Å². The third-order valence-electron chi connectivity index (χ3n) is 7.55. The van der Waals surface area contributed by atoms with E-state index in [9.17, 15) is 9.59 Å². The summed E-state index contributed by atoms with van der Waals surface area (Å²) in [6.45, 7) is 7.40. The molecule has 1 aliphatic rings. The van der Waals surface area contributed by atoms with Gasteiger partial charge in [-0.2, -0.15) is 0 Å². The second kappa shape index (κ2) is 16.8. The van der Waals surface area contributed by atoms with E-state index in [2.05, 4.69) is 32.9 Å². The highest BCUT2D eigenvalue weighted by atomic mass is 16.5. The maximum Gasteiger partial charge on any atom is 0.343 e. The normalized spacial score (nSPS) is 18.0. The average molecular weight is 535 g/mol. The molecule has 0 bridgehead atoms. The second-order valence-corrected chi connectivity index (χ2v) is 10.8. The predicted octanol–water partition coefficient (Wildman–Crippen LogP) is 8.96. The Morgan fingerprint density at radius 1 is 0.846 bits per heavy atom. The van der Waals surface area contributed by atoms with Crippen molar-refractivity contribution >= 4 is 11.9 Å². The van der Waals surface area contributed by atoms with Gasteiger partial charge in [0.05, 0.1) is 17.7 Å². The van der Waals surface area contributed by atoms with Crippen molar-refractivity contribution in [3.63, 3.8) is 0 Å². The third-order valence-corrected chi connectivity index (χ3v) is 7.55. The molecule has 0 aliphatic heterocycles. The van der Waals surface area contributed by atoms with E-state index >= 15 is 0 Å². The Morgan fingerprint density at radius 3 is 2.13 bits per heavy atom. The van der Waals surface area contributed by atoms with Gasteiger partial charge in [0, 0.05) is 0 Å². The van der Waals surface area contributed by atoms with Crippen LogP contribution in [0.25, 0.3) is 0 Å². The highest BCUT2D eigenvalue weighted by Crippen LogP contribution is 2.28. The van der Waals surface area contributed by atoms with Gasteiger partial charge in [-0.05, 0) is 98.9 Å². The van der Waals surface area contributed by atoms with Crippen molar-refractivity contribution in [3.05, 3.63) is 71.8 Å². The minimum absolute atomic E-state index is 0.0348. The fraction of sp³-hybridized carbons (Fsp3) is 0.529. The first kappa shape index (κ1) is 30.5. The number of rotatable bonds is 15. The van der Waals surface area contributed by atoms with Gasteiger partial charge in [-0.25, -0.2) is 9.59 Å². The summed E-state index contributed by atoms with van der Waals surface area (Å²) in [6.07, 6.45) is 16.7. The number of allylic oxidation sites excluding steroid dienone is 2. The van der Waals surface area contributed by atoms with Gasteiger partial charge in [-0.3, -0.25) is 0 Å². The van der Waals surface area contributed by atoms with Crippen molar-refractivity contribution in [2.75, 3.05) is 6.61 Å². The summed E-state index contributed by atoms with van der Waals surface area (Å²) in [4.78, 5) is 25.2. The van der Waals surface area contributed by atoms with Crippen LogP contribution in [0.1, 0.15) is 112 Å². The Morgan fingerprint density at radius 2 is 1.49 bits per heavy atom. The Balaban J connectivity index is 1.38. The molecule has 0 radical (unpaired) electrons. The Hall–Kier alpha value is -3.08. The van der Waals surface area contributed by atoms with Crippen molar-refractivity contribution in [2.24, 2.45) is 11.8 Å². The van der Waals surface area contributed by atoms with Crippen molar-refractivity contribution < 1.29 is 23.8 Å². The first-order chi connectivity index (χ1) is 19.0. The summed E-state index contributed by atoms with van der Waals surface area (Å²) >= 11 is 0. The zero-order valence-electron chi connectivity index (χ0n) is 24.0. The largest absolute Gasteiger partial charge is 0.494 e. The standard InChI is InChI=1S/C34H46O5/c1-4-6-8-12-27-13-19-31(20-14-27)38-34(36)29-17-23-32(24-18-29)39-33(35)28-15-21-30(22-16-28)37-25-10-7-9-11-26(3)5-2/h8,12,15-18,21-24,26-27,31H,4-7,9-11,13-14,19-20,25H2,1-3H3. The topological polar surface area (TPSA) is 61.8 Å². The van der Waals surface area contributed by atoms with Crippen LogP contribution in [-0.4, -0.2) is 24.6 Å². The molecule has 5 nitrogen and oxygen atoms in total. The molecule has 0 spiro atoms. The molecule has 0 aromatic heterocycles. The van der Waals surface area contributed by atoms with Gasteiger partial charge in [0.25, 0.3) is 0 Å². The minimum Gasteiger partial charge on any atom is -0.494 e. The molecular weight excluding hydrogens is 488 g/mol. The molecule has 2 aromatic carbocycles. The number of hydrogen-bond donors (Lipinski definition) is 0. The number of hydrogen-bond acceptors (Lipinski definition) is 5. The molecule has 1 atom stereocenters. The van der Waals surface area contributed by atoms with Gasteiger partial charge in [0.2, 0.25) is 0 Å². The summed E-state index contributed by atoms with van der Waals surface area (Å²) in [5.74, 6) is 1.74. The van der Waals surface area contributed by atoms with Crippen LogP contribution in [-0.2, 0) is 4.74 Å². The van der Waals surface area contributed by atoms with Crippen molar-refractivity contribution in [1.29, 1.82) is 0 Å². The quantitative estimate of drug-likeness (QED) is 0.0987. The van der Waals surface area contributed by atoms with Crippen LogP contribution in [0.3, 0.4) is 0 Å². The lowest BCUT2D eigenvalue weighted by Gasteiger charge is -2.26. The summed E-state index contributed by atoms with van der Waals surface area (Å²) in [7, 11) is 0. The van der Waals surface area contributed by atoms with Gasteiger partial charge in [-0.15, -0.1) is 0 Å². The first-order valence-electron chi connectivity index (χ1n) is 14.9. The Bertz CT molecular complexity index is 1020. The molecule has 212 valence electrons. The number of unbranched alkanes of at least 4 members (excludes halogenated alkanes) is 3. The van der Waals surface area contributed by atoms with Crippen LogP contribution in [0.15, 0.2) is 60.7 Å². The Labute approximate surface area is 234 Å². The highest BCUT2D eigenvalue weighted by Gasteiger charge is 2.23. The third kappa shape index (κ3) is 10.9. The lowest BCUT2D eigenvalue weighted by Crippen LogP contribution is -2.24. The van der Waals surface area contributed by atoms with Crippen LogP contribution in [0.4, 0.5) is 0 Å². The summed E-state index contributed by atoms with van der Waals surface area (Å²) in [6, 6.07) is 13.5. The van der Waals surface area contributed by atoms with E-state index < -0.39 is 5.97 Å². The summed E-state index contributed by atoms with van der Waals surface area (Å²) in [5, 5.41) is 0.